The first-order valence-corrected chi connectivity index (χ1v) is 14.6. The second kappa shape index (κ2) is 9.99. The fourth-order valence-corrected chi connectivity index (χ4v) is 7.89. The summed E-state index contributed by atoms with van der Waals surface area (Å²) in [6.45, 7) is 4.83. The van der Waals surface area contributed by atoms with Crippen LogP contribution in [0.4, 0.5) is 0 Å². The Hall–Kier alpha value is -2.93. The molecule has 2 aliphatic heterocycles. The molecule has 1 saturated heterocycles. The summed E-state index contributed by atoms with van der Waals surface area (Å²) in [6.07, 6.45) is 5.17. The summed E-state index contributed by atoms with van der Waals surface area (Å²) in [5.74, 6) is -2.22. The number of fused-ring (bicyclic) bond motifs is 2. The zero-order valence-electron chi connectivity index (χ0n) is 21.5. The van der Waals surface area contributed by atoms with Gasteiger partial charge in [-0.3, -0.25) is 4.79 Å². The molecule has 0 radical (unpaired) electrons. The smallest absolute Gasteiger partial charge is 0.352 e. The van der Waals surface area contributed by atoms with E-state index in [4.69, 9.17) is 18.0 Å². The van der Waals surface area contributed by atoms with Crippen molar-refractivity contribution in [3.8, 4) is 0 Å². The van der Waals surface area contributed by atoms with Crippen molar-refractivity contribution in [2.24, 2.45) is 17.6 Å². The largest absolute Gasteiger partial charge is 0.477 e. The van der Waals surface area contributed by atoms with Crippen LogP contribution >= 0.6 is 35.3 Å². The number of aliphatic carboxylic acids is 1. The number of aromatic nitrogens is 2. The molecule has 12 heteroatoms. The number of carboxylic acid groups (broad SMARTS) is 1. The lowest BCUT2D eigenvalue weighted by Gasteiger charge is -2.46. The summed E-state index contributed by atoms with van der Waals surface area (Å²) in [5.41, 5.74) is 8.68. The third-order valence-corrected chi connectivity index (χ3v) is 9.78. The second-order valence-corrected chi connectivity index (χ2v) is 12.1. The van der Waals surface area contributed by atoms with Gasteiger partial charge < -0.3 is 25.7 Å². The monoisotopic (exact) mass is 572 g/mol. The van der Waals surface area contributed by atoms with E-state index < -0.39 is 18.0 Å². The minimum absolute atomic E-state index is 0.0335. The number of hydrogen-bond donors (Lipinski definition) is 3. The van der Waals surface area contributed by atoms with Gasteiger partial charge in [0.2, 0.25) is 15.8 Å². The first kappa shape index (κ1) is 26.7. The third kappa shape index (κ3) is 4.29. The molecular formula is C26H30N5O4S3+. The maximum Gasteiger partial charge on any atom is 0.352 e. The highest BCUT2D eigenvalue weighted by atomic mass is 32.2. The molecule has 0 bridgehead atoms. The number of imidazole rings is 1. The topological polar surface area (TPSA) is 115 Å². The summed E-state index contributed by atoms with van der Waals surface area (Å²) in [5, 5.41) is 21.6. The number of nitrogens with zero attached hydrogens (tertiary/aromatic N) is 4. The van der Waals surface area contributed by atoms with Crippen LogP contribution in [0, 0.1) is 11.8 Å². The van der Waals surface area contributed by atoms with Crippen molar-refractivity contribution in [1.82, 2.24) is 14.2 Å². The van der Waals surface area contributed by atoms with E-state index in [-0.39, 0.29) is 23.6 Å². The number of aliphatic hydroxyl groups excluding tert-OH is 1. The Bertz CT molecular complexity index is 1490. The van der Waals surface area contributed by atoms with Crippen LogP contribution in [0.2, 0.25) is 0 Å². The van der Waals surface area contributed by atoms with Crippen LogP contribution in [0.15, 0.2) is 47.5 Å². The van der Waals surface area contributed by atoms with Crippen molar-refractivity contribution >= 4 is 62.7 Å². The summed E-state index contributed by atoms with van der Waals surface area (Å²) in [6, 6.07) is 7.97. The summed E-state index contributed by atoms with van der Waals surface area (Å²) < 4.78 is 4.21. The number of nitrogens with two attached hydrogens (primary N) is 1. The van der Waals surface area contributed by atoms with Crippen molar-refractivity contribution in [2.45, 2.75) is 44.1 Å². The van der Waals surface area contributed by atoms with E-state index in [1.54, 1.807) is 18.7 Å². The van der Waals surface area contributed by atoms with Crippen molar-refractivity contribution in [2.75, 3.05) is 13.3 Å². The van der Waals surface area contributed by atoms with E-state index in [1.165, 1.54) is 16.2 Å². The molecule has 3 aromatic rings. The number of aliphatic hydroxyl groups is 1. The Morgan fingerprint density at radius 3 is 2.71 bits per heavy atom. The predicted octanol–water partition coefficient (Wildman–Crippen LogP) is 2.39. The molecule has 2 aliphatic rings. The van der Waals surface area contributed by atoms with Gasteiger partial charge in [0.15, 0.2) is 5.11 Å². The number of rotatable bonds is 8. The number of carbonyl (C=O) groups is 2. The highest BCUT2D eigenvalue weighted by molar-refractivity contribution is 7.98. The highest BCUT2D eigenvalue weighted by Gasteiger charge is 2.60. The van der Waals surface area contributed by atoms with Crippen LogP contribution in [0.25, 0.3) is 10.4 Å². The van der Waals surface area contributed by atoms with Crippen LogP contribution in [0.3, 0.4) is 0 Å². The van der Waals surface area contributed by atoms with Crippen LogP contribution in [-0.4, -0.2) is 66.9 Å². The highest BCUT2D eigenvalue weighted by Crippen LogP contribution is 2.51. The Balaban J connectivity index is 1.48. The van der Waals surface area contributed by atoms with Crippen molar-refractivity contribution in [3.63, 3.8) is 0 Å². The van der Waals surface area contributed by atoms with Crippen molar-refractivity contribution in [1.29, 1.82) is 0 Å². The molecule has 1 fully saturated rings. The molecule has 5 rings (SSSR count). The van der Waals surface area contributed by atoms with E-state index in [2.05, 4.69) is 22.8 Å². The Kier molecular flexibility index (Phi) is 7.01. The summed E-state index contributed by atoms with van der Waals surface area (Å²) in [4.78, 5) is 30.0. The molecule has 200 valence electrons. The second-order valence-electron chi connectivity index (χ2n) is 9.90. The average Bonchev–Trinajstić information content (AvgIpc) is 3.46. The van der Waals surface area contributed by atoms with Gasteiger partial charge in [-0.15, -0.1) is 0 Å². The van der Waals surface area contributed by atoms with Crippen molar-refractivity contribution in [3.05, 3.63) is 58.5 Å². The van der Waals surface area contributed by atoms with Gasteiger partial charge in [-0.05, 0) is 36.5 Å². The predicted molar refractivity (Wildman–Crippen MR) is 151 cm³/mol. The lowest BCUT2D eigenvalue weighted by molar-refractivity contribution is -0.721. The zero-order chi connectivity index (χ0) is 27.5. The standard InChI is InChI=1S/C26H29N5O4S3/c1-13-18(21(25(34)35)31-20(13)19(14(2)32)22(31)33)17-11-30-12-29(23(37-4)24(30)38-17)10-16-7-5-6-15(8-16)9-28(3)26(27)36/h5-8,11-14,19-20,32H,9-10H2,1-4H3,(H2-,27,34,35,36)/p+1/t13-,14+,19+,20+/m0/s1. The number of thiocarbonyl (C=S) groups is 1. The van der Waals surface area contributed by atoms with E-state index in [0.29, 0.717) is 23.8 Å². The first-order chi connectivity index (χ1) is 18.0. The van der Waals surface area contributed by atoms with Crippen LogP contribution < -0.4 is 10.3 Å². The molecule has 0 spiro atoms. The number of hydrogen-bond acceptors (Lipinski definition) is 6. The Morgan fingerprint density at radius 2 is 2.08 bits per heavy atom. The number of β-lactam (4-membered cyclic amide) rings is 1. The number of thiazole rings is 1. The molecule has 4 heterocycles. The minimum atomic E-state index is -1.12. The van der Waals surface area contributed by atoms with Crippen molar-refractivity contribution < 1.29 is 24.4 Å². The van der Waals surface area contributed by atoms with E-state index >= 15 is 0 Å². The van der Waals surface area contributed by atoms with Gasteiger partial charge in [-0.1, -0.05) is 54.3 Å². The summed E-state index contributed by atoms with van der Waals surface area (Å²) in [7, 11) is 1.87. The average molecular weight is 573 g/mol. The molecule has 4 atom stereocenters. The molecule has 9 nitrogen and oxygen atoms in total. The Labute approximate surface area is 234 Å². The van der Waals surface area contributed by atoms with Gasteiger partial charge >= 0.3 is 5.97 Å². The molecule has 0 saturated carbocycles. The van der Waals surface area contributed by atoms with Crippen LogP contribution in [0.1, 0.15) is 29.9 Å². The molecule has 1 amide bonds. The lowest BCUT2D eigenvalue weighted by atomic mass is 9.77. The molecule has 1 aromatic carbocycles. The van der Waals surface area contributed by atoms with E-state index in [9.17, 15) is 19.8 Å². The van der Waals surface area contributed by atoms with Crippen LogP contribution in [-0.2, 0) is 22.7 Å². The lowest BCUT2D eigenvalue weighted by Crippen LogP contribution is -2.63. The SMILES string of the molecule is CSc1c2sc(C3=C(C(=O)O)N4C(=O)[C@H]([C@@H](C)O)[C@H]4[C@H]3C)cn2c[n+]1Cc1cccc(CN(C)C(N)=S)c1. The maximum absolute atomic E-state index is 12.7. The number of carbonyl (C=O) groups excluding carboxylic acids is 1. The molecule has 0 unspecified atom stereocenters. The molecule has 0 aliphatic carbocycles. The third-order valence-electron chi connectivity index (χ3n) is 7.38. The number of amides is 1. The Morgan fingerprint density at radius 1 is 1.37 bits per heavy atom. The maximum atomic E-state index is 12.7. The molecule has 4 N–H and O–H groups in total. The van der Waals surface area contributed by atoms with Gasteiger partial charge in [0, 0.05) is 25.1 Å². The van der Waals surface area contributed by atoms with Gasteiger partial charge in [0.25, 0.3) is 6.33 Å². The van der Waals surface area contributed by atoms with Gasteiger partial charge in [-0.2, -0.15) is 4.40 Å². The molecule has 38 heavy (non-hydrogen) atoms. The number of thioether (sulfide) groups is 1. The molecule has 2 aromatic heterocycles. The number of carboxylic acids is 1. The zero-order valence-corrected chi connectivity index (χ0v) is 23.9. The van der Waals surface area contributed by atoms with Gasteiger partial charge in [0.05, 0.1) is 22.9 Å². The summed E-state index contributed by atoms with van der Waals surface area (Å²) >= 11 is 8.22. The van der Waals surface area contributed by atoms with E-state index in [0.717, 1.165) is 25.9 Å². The van der Waals surface area contributed by atoms with E-state index in [1.807, 2.05) is 48.1 Å². The number of benzene rings is 1. The fourth-order valence-electron chi connectivity index (χ4n) is 5.64. The fraction of sp³-hybridized carbons (Fsp3) is 0.385. The van der Waals surface area contributed by atoms with Gasteiger partial charge in [-0.25, -0.2) is 9.36 Å². The van der Waals surface area contributed by atoms with Gasteiger partial charge in [0.1, 0.15) is 18.4 Å². The minimum Gasteiger partial charge on any atom is -0.477 e. The molecular weight excluding hydrogens is 543 g/mol. The normalized spacial score (nSPS) is 21.6. The van der Waals surface area contributed by atoms with Crippen LogP contribution in [0.5, 0.6) is 0 Å². The first-order valence-electron chi connectivity index (χ1n) is 12.2. The quantitative estimate of drug-likeness (QED) is 0.163.